The topological polar surface area (TPSA) is 58.3 Å². The third kappa shape index (κ3) is 3.66. The van der Waals surface area contributed by atoms with Crippen LogP contribution in [0.25, 0.3) is 11.6 Å². The molecule has 0 saturated carbocycles. The number of hydrogen-bond donors (Lipinski definition) is 0. The fraction of sp³-hybridized carbons (Fsp3) is 0.643. The van der Waals surface area contributed by atoms with E-state index in [2.05, 4.69) is 38.9 Å². The number of rotatable bonds is 5. The molecule has 1 aliphatic rings. The fourth-order valence-corrected chi connectivity index (χ4v) is 3.24. The van der Waals surface area contributed by atoms with E-state index >= 15 is 0 Å². The SMILES string of the molecule is CCCc1nc(-c2nc(CN3CCN(C)CC3)no2)cs1. The molecule has 1 aliphatic heterocycles. The van der Waals surface area contributed by atoms with E-state index < -0.39 is 0 Å². The highest BCUT2D eigenvalue weighted by atomic mass is 32.1. The zero-order chi connectivity index (χ0) is 14.7. The minimum atomic E-state index is 0.540. The van der Waals surface area contributed by atoms with E-state index in [0.29, 0.717) is 5.89 Å². The van der Waals surface area contributed by atoms with Gasteiger partial charge in [0, 0.05) is 31.6 Å². The molecule has 0 atom stereocenters. The first-order valence-electron chi connectivity index (χ1n) is 7.43. The fourth-order valence-electron chi connectivity index (χ4n) is 2.37. The molecule has 21 heavy (non-hydrogen) atoms. The van der Waals surface area contributed by atoms with Crippen LogP contribution in [0.2, 0.25) is 0 Å². The minimum absolute atomic E-state index is 0.540. The molecule has 0 N–H and O–H groups in total. The lowest BCUT2D eigenvalue weighted by Crippen LogP contribution is -2.44. The predicted octanol–water partition coefficient (Wildman–Crippen LogP) is 1.89. The highest BCUT2D eigenvalue weighted by Gasteiger charge is 2.18. The van der Waals surface area contributed by atoms with Gasteiger partial charge in [0.15, 0.2) is 5.82 Å². The number of hydrogen-bond acceptors (Lipinski definition) is 7. The van der Waals surface area contributed by atoms with Crippen LogP contribution in [0.1, 0.15) is 24.2 Å². The Hall–Kier alpha value is -1.31. The Morgan fingerprint density at radius 2 is 2.05 bits per heavy atom. The van der Waals surface area contributed by atoms with Gasteiger partial charge in [-0.1, -0.05) is 12.1 Å². The maximum atomic E-state index is 5.35. The van der Waals surface area contributed by atoms with Gasteiger partial charge in [-0.05, 0) is 19.9 Å². The summed E-state index contributed by atoms with van der Waals surface area (Å²) in [4.78, 5) is 13.7. The van der Waals surface area contributed by atoms with Gasteiger partial charge in [-0.15, -0.1) is 11.3 Å². The maximum Gasteiger partial charge on any atom is 0.277 e. The number of likely N-dealkylation sites (N-methyl/N-ethyl adjacent to an activating group) is 1. The van der Waals surface area contributed by atoms with E-state index in [-0.39, 0.29) is 0 Å². The molecule has 0 aromatic carbocycles. The number of thiazole rings is 1. The molecule has 2 aromatic heterocycles. The van der Waals surface area contributed by atoms with Gasteiger partial charge in [-0.2, -0.15) is 4.98 Å². The summed E-state index contributed by atoms with van der Waals surface area (Å²) in [6.07, 6.45) is 2.11. The Morgan fingerprint density at radius 3 is 2.81 bits per heavy atom. The van der Waals surface area contributed by atoms with Crippen LogP contribution in [0, 0.1) is 0 Å². The highest BCUT2D eigenvalue weighted by molar-refractivity contribution is 7.09. The van der Waals surface area contributed by atoms with E-state index in [0.717, 1.165) is 62.1 Å². The average molecular weight is 307 g/mol. The smallest absolute Gasteiger partial charge is 0.277 e. The number of aromatic nitrogens is 3. The molecule has 0 unspecified atom stereocenters. The first kappa shape index (κ1) is 14.6. The van der Waals surface area contributed by atoms with Gasteiger partial charge in [-0.25, -0.2) is 4.98 Å². The van der Waals surface area contributed by atoms with Gasteiger partial charge in [-0.3, -0.25) is 4.90 Å². The molecule has 2 aromatic rings. The molecule has 6 nitrogen and oxygen atoms in total. The molecule has 0 spiro atoms. The Balaban J connectivity index is 1.62. The van der Waals surface area contributed by atoms with Crippen molar-refractivity contribution in [3.63, 3.8) is 0 Å². The van der Waals surface area contributed by atoms with Crippen LogP contribution >= 0.6 is 11.3 Å². The first-order chi connectivity index (χ1) is 10.2. The van der Waals surface area contributed by atoms with Crippen LogP contribution in [-0.4, -0.2) is 58.2 Å². The van der Waals surface area contributed by atoms with Crippen LogP contribution in [-0.2, 0) is 13.0 Å². The summed E-state index contributed by atoms with van der Waals surface area (Å²) in [5, 5.41) is 7.21. The van der Waals surface area contributed by atoms with E-state index in [1.165, 1.54) is 0 Å². The molecule has 3 heterocycles. The normalized spacial score (nSPS) is 17.4. The third-order valence-corrected chi connectivity index (χ3v) is 4.57. The molecule has 3 rings (SSSR count). The van der Waals surface area contributed by atoms with Crippen LogP contribution in [0.5, 0.6) is 0 Å². The van der Waals surface area contributed by atoms with E-state index in [1.807, 2.05) is 5.38 Å². The van der Waals surface area contributed by atoms with Crippen molar-refractivity contribution < 1.29 is 4.52 Å². The predicted molar refractivity (Wildman–Crippen MR) is 82.2 cm³/mol. The van der Waals surface area contributed by atoms with Gasteiger partial charge >= 0.3 is 0 Å². The zero-order valence-corrected chi connectivity index (χ0v) is 13.4. The first-order valence-corrected chi connectivity index (χ1v) is 8.31. The van der Waals surface area contributed by atoms with Crippen molar-refractivity contribution in [3.05, 3.63) is 16.2 Å². The maximum absolute atomic E-state index is 5.35. The van der Waals surface area contributed by atoms with Crippen molar-refractivity contribution in [3.8, 4) is 11.6 Å². The molecule has 1 fully saturated rings. The number of nitrogens with zero attached hydrogens (tertiary/aromatic N) is 5. The average Bonchev–Trinajstić information content (AvgIpc) is 3.11. The molecular formula is C14H21N5OS. The molecule has 0 amide bonds. The second-order valence-electron chi connectivity index (χ2n) is 5.47. The molecular weight excluding hydrogens is 286 g/mol. The zero-order valence-electron chi connectivity index (χ0n) is 12.6. The van der Waals surface area contributed by atoms with Gasteiger partial charge in [0.25, 0.3) is 5.89 Å². The Morgan fingerprint density at radius 1 is 1.24 bits per heavy atom. The second kappa shape index (κ2) is 6.64. The van der Waals surface area contributed by atoms with Crippen molar-refractivity contribution >= 4 is 11.3 Å². The van der Waals surface area contributed by atoms with Gasteiger partial charge in [0.2, 0.25) is 0 Å². The van der Waals surface area contributed by atoms with Crippen molar-refractivity contribution in [1.29, 1.82) is 0 Å². The quantitative estimate of drug-likeness (QED) is 0.841. The van der Waals surface area contributed by atoms with Crippen LogP contribution in [0.3, 0.4) is 0 Å². The summed E-state index contributed by atoms with van der Waals surface area (Å²) in [6, 6.07) is 0. The lowest BCUT2D eigenvalue weighted by molar-refractivity contribution is 0.144. The summed E-state index contributed by atoms with van der Waals surface area (Å²) in [7, 11) is 2.15. The summed E-state index contributed by atoms with van der Waals surface area (Å²) in [6.45, 7) is 7.20. The summed E-state index contributed by atoms with van der Waals surface area (Å²) < 4.78 is 5.35. The van der Waals surface area contributed by atoms with Crippen LogP contribution in [0.15, 0.2) is 9.90 Å². The number of piperazine rings is 1. The minimum Gasteiger partial charge on any atom is -0.332 e. The Kier molecular flexibility index (Phi) is 4.62. The summed E-state index contributed by atoms with van der Waals surface area (Å²) >= 11 is 1.66. The van der Waals surface area contributed by atoms with Crippen LogP contribution in [0.4, 0.5) is 0 Å². The van der Waals surface area contributed by atoms with Gasteiger partial charge in [0.05, 0.1) is 11.6 Å². The van der Waals surface area contributed by atoms with Gasteiger partial charge in [0.1, 0.15) is 5.69 Å². The van der Waals surface area contributed by atoms with E-state index in [1.54, 1.807) is 11.3 Å². The largest absolute Gasteiger partial charge is 0.332 e. The number of aryl methyl sites for hydroxylation is 1. The third-order valence-electron chi connectivity index (χ3n) is 3.66. The van der Waals surface area contributed by atoms with Crippen molar-refractivity contribution in [2.45, 2.75) is 26.3 Å². The van der Waals surface area contributed by atoms with Gasteiger partial charge < -0.3 is 9.42 Å². The van der Waals surface area contributed by atoms with Crippen molar-refractivity contribution in [2.24, 2.45) is 0 Å². The lowest BCUT2D eigenvalue weighted by atomic mass is 10.3. The molecule has 0 aliphatic carbocycles. The molecule has 1 saturated heterocycles. The monoisotopic (exact) mass is 307 g/mol. The second-order valence-corrected chi connectivity index (χ2v) is 6.41. The van der Waals surface area contributed by atoms with Crippen molar-refractivity contribution in [2.75, 3.05) is 33.2 Å². The van der Waals surface area contributed by atoms with Crippen molar-refractivity contribution in [1.82, 2.24) is 24.9 Å². The molecule has 0 radical (unpaired) electrons. The molecule has 7 heteroatoms. The molecule has 0 bridgehead atoms. The van der Waals surface area contributed by atoms with E-state index in [9.17, 15) is 0 Å². The van der Waals surface area contributed by atoms with Crippen LogP contribution < -0.4 is 0 Å². The molecule has 114 valence electrons. The Bertz CT molecular complexity index is 573. The summed E-state index contributed by atoms with van der Waals surface area (Å²) in [5.74, 6) is 1.29. The van der Waals surface area contributed by atoms with E-state index in [4.69, 9.17) is 4.52 Å². The lowest BCUT2D eigenvalue weighted by Gasteiger charge is -2.31. The Labute approximate surface area is 128 Å². The summed E-state index contributed by atoms with van der Waals surface area (Å²) in [5.41, 5.74) is 0.806. The highest BCUT2D eigenvalue weighted by Crippen LogP contribution is 2.21. The standard InChI is InChI=1S/C14H21N5OS/c1-3-4-13-15-11(10-21-13)14-16-12(17-20-14)9-19-7-5-18(2)6-8-19/h10H,3-9H2,1-2H3.